The molecule has 134 valence electrons. The Morgan fingerprint density at radius 1 is 1.40 bits per heavy atom. The number of benzene rings is 1. The lowest BCUT2D eigenvalue weighted by Gasteiger charge is -2.13. The topological polar surface area (TPSA) is 76.1 Å². The Morgan fingerprint density at radius 3 is 2.72 bits per heavy atom. The van der Waals surface area contributed by atoms with E-state index in [1.165, 1.54) is 23.8 Å². The Hall–Kier alpha value is -1.58. The molecule has 0 atom stereocenters. The van der Waals surface area contributed by atoms with Crippen LogP contribution in [0.2, 0.25) is 0 Å². The molecule has 25 heavy (non-hydrogen) atoms. The second kappa shape index (κ2) is 8.68. The van der Waals surface area contributed by atoms with Crippen molar-refractivity contribution in [1.82, 2.24) is 4.90 Å². The van der Waals surface area contributed by atoms with Crippen LogP contribution >= 0.6 is 39.9 Å². The van der Waals surface area contributed by atoms with Crippen LogP contribution in [0.5, 0.6) is 11.5 Å². The van der Waals surface area contributed by atoms with Gasteiger partial charge in [0.1, 0.15) is 4.32 Å². The van der Waals surface area contributed by atoms with Gasteiger partial charge in [-0.15, -0.1) is 0 Å². The van der Waals surface area contributed by atoms with E-state index in [2.05, 4.69) is 15.9 Å². The van der Waals surface area contributed by atoms with Crippen LogP contribution in [-0.4, -0.2) is 47.0 Å². The van der Waals surface area contributed by atoms with Crippen molar-refractivity contribution in [3.05, 3.63) is 27.1 Å². The number of thiocarbonyl (C=S) groups is 1. The van der Waals surface area contributed by atoms with Gasteiger partial charge in [0.15, 0.2) is 11.5 Å². The smallest absolute Gasteiger partial charge is 0.303 e. The van der Waals surface area contributed by atoms with E-state index in [1.54, 1.807) is 19.3 Å². The molecule has 0 bridgehead atoms. The molecule has 1 aromatic carbocycles. The highest BCUT2D eigenvalue weighted by molar-refractivity contribution is 9.10. The van der Waals surface area contributed by atoms with E-state index in [9.17, 15) is 9.59 Å². The maximum absolute atomic E-state index is 12.5. The van der Waals surface area contributed by atoms with Crippen molar-refractivity contribution in [2.24, 2.45) is 0 Å². The number of thioether (sulfide) groups is 1. The second-order valence-corrected chi connectivity index (χ2v) is 7.60. The lowest BCUT2D eigenvalue weighted by molar-refractivity contribution is -0.137. The van der Waals surface area contributed by atoms with Gasteiger partial charge in [-0.1, -0.05) is 24.0 Å². The van der Waals surface area contributed by atoms with Gasteiger partial charge in [0.25, 0.3) is 5.91 Å². The number of ether oxygens (including phenoxy) is 2. The number of carbonyl (C=O) groups is 2. The largest absolute Gasteiger partial charge is 0.493 e. The Morgan fingerprint density at radius 2 is 2.12 bits per heavy atom. The highest BCUT2D eigenvalue weighted by Crippen LogP contribution is 2.38. The molecule has 0 saturated carbocycles. The molecule has 0 unspecified atom stereocenters. The minimum Gasteiger partial charge on any atom is -0.493 e. The SMILES string of the molecule is COc1cc(/C=C2\SC(=S)N(CCCC(=O)O)C2=O)cc(Br)c1OC. The van der Waals surface area contributed by atoms with E-state index in [4.69, 9.17) is 26.8 Å². The number of amides is 1. The molecule has 1 fully saturated rings. The number of carboxylic acid groups (broad SMARTS) is 1. The molecular weight excluding hydrogens is 430 g/mol. The molecule has 6 nitrogen and oxygen atoms in total. The summed E-state index contributed by atoms with van der Waals surface area (Å²) < 4.78 is 11.7. The third-order valence-corrected chi connectivity index (χ3v) is 5.37. The van der Waals surface area contributed by atoms with Crippen molar-refractivity contribution in [2.45, 2.75) is 12.8 Å². The lowest BCUT2D eigenvalue weighted by Crippen LogP contribution is -2.29. The Bertz CT molecular complexity index is 750. The van der Waals surface area contributed by atoms with Gasteiger partial charge in [-0.2, -0.15) is 0 Å². The zero-order valence-corrected chi connectivity index (χ0v) is 16.8. The minimum absolute atomic E-state index is 0.00126. The first-order valence-electron chi connectivity index (χ1n) is 7.26. The van der Waals surface area contributed by atoms with Crippen LogP contribution in [0.1, 0.15) is 18.4 Å². The molecule has 1 aliphatic rings. The third-order valence-electron chi connectivity index (χ3n) is 3.40. The fraction of sp³-hybridized carbons (Fsp3) is 0.312. The summed E-state index contributed by atoms with van der Waals surface area (Å²) in [5, 5.41) is 8.70. The van der Waals surface area contributed by atoms with Gasteiger partial charge >= 0.3 is 5.97 Å². The summed E-state index contributed by atoms with van der Waals surface area (Å²) in [4.78, 5) is 25.0. The van der Waals surface area contributed by atoms with E-state index in [0.717, 1.165) is 5.56 Å². The molecule has 0 aliphatic carbocycles. The van der Waals surface area contributed by atoms with E-state index in [0.29, 0.717) is 38.2 Å². The van der Waals surface area contributed by atoms with E-state index in [1.807, 2.05) is 6.07 Å². The first kappa shape index (κ1) is 19.7. The second-order valence-electron chi connectivity index (χ2n) is 5.07. The maximum atomic E-state index is 12.5. The fourth-order valence-electron chi connectivity index (χ4n) is 2.25. The summed E-state index contributed by atoms with van der Waals surface area (Å²) in [6.45, 7) is 0.296. The fourth-order valence-corrected chi connectivity index (χ4v) is 4.18. The number of hydrogen-bond acceptors (Lipinski definition) is 6. The van der Waals surface area contributed by atoms with Crippen molar-refractivity contribution < 1.29 is 24.2 Å². The van der Waals surface area contributed by atoms with Crippen LogP contribution in [0, 0.1) is 0 Å². The summed E-state index contributed by atoms with van der Waals surface area (Å²) in [7, 11) is 3.08. The molecule has 1 aliphatic heterocycles. The molecule has 1 N–H and O–H groups in total. The molecule has 9 heteroatoms. The molecule has 1 amide bonds. The molecule has 1 saturated heterocycles. The monoisotopic (exact) mass is 445 g/mol. The number of methoxy groups -OCH3 is 2. The molecule has 2 rings (SSSR count). The Labute approximate surface area is 163 Å². The molecule has 0 radical (unpaired) electrons. The summed E-state index contributed by atoms with van der Waals surface area (Å²) in [5.74, 6) is 0.00314. The number of carboxylic acids is 1. The van der Waals surface area contributed by atoms with Crippen LogP contribution in [-0.2, 0) is 9.59 Å². The van der Waals surface area contributed by atoms with Crippen molar-refractivity contribution in [1.29, 1.82) is 0 Å². The van der Waals surface area contributed by atoms with Gasteiger partial charge in [0, 0.05) is 13.0 Å². The van der Waals surface area contributed by atoms with Gasteiger partial charge in [0.2, 0.25) is 0 Å². The summed E-state index contributed by atoms with van der Waals surface area (Å²) in [6, 6.07) is 3.58. The average molecular weight is 446 g/mol. The molecule has 0 aromatic heterocycles. The normalized spacial score (nSPS) is 15.8. The Kier molecular flexibility index (Phi) is 6.86. The Balaban J connectivity index is 2.21. The van der Waals surface area contributed by atoms with Gasteiger partial charge in [0.05, 0.1) is 23.6 Å². The number of nitrogens with zero attached hydrogens (tertiary/aromatic N) is 1. The zero-order valence-electron chi connectivity index (χ0n) is 13.6. The predicted octanol–water partition coefficient (Wildman–Crippen LogP) is 3.53. The summed E-state index contributed by atoms with van der Waals surface area (Å²) in [5.41, 5.74) is 0.760. The predicted molar refractivity (Wildman–Crippen MR) is 104 cm³/mol. The van der Waals surface area contributed by atoms with E-state index < -0.39 is 5.97 Å². The molecular formula is C16H16BrNO5S2. The van der Waals surface area contributed by atoms with Crippen molar-refractivity contribution in [3.63, 3.8) is 0 Å². The summed E-state index contributed by atoms with van der Waals surface area (Å²) >= 11 is 9.85. The van der Waals surface area contributed by atoms with Crippen LogP contribution in [0.3, 0.4) is 0 Å². The quantitative estimate of drug-likeness (QED) is 0.507. The molecule has 1 aromatic rings. The number of aliphatic carboxylic acids is 1. The number of carbonyl (C=O) groups excluding carboxylic acids is 1. The highest BCUT2D eigenvalue weighted by Gasteiger charge is 2.31. The molecule has 0 spiro atoms. The maximum Gasteiger partial charge on any atom is 0.303 e. The zero-order chi connectivity index (χ0) is 18.6. The van der Waals surface area contributed by atoms with Crippen LogP contribution < -0.4 is 9.47 Å². The number of hydrogen-bond donors (Lipinski definition) is 1. The summed E-state index contributed by atoms with van der Waals surface area (Å²) in [6.07, 6.45) is 2.08. The first-order valence-corrected chi connectivity index (χ1v) is 9.27. The number of halogens is 1. The van der Waals surface area contributed by atoms with Crippen LogP contribution in [0.4, 0.5) is 0 Å². The van der Waals surface area contributed by atoms with Gasteiger partial charge in [-0.25, -0.2) is 0 Å². The highest BCUT2D eigenvalue weighted by atomic mass is 79.9. The minimum atomic E-state index is -0.892. The van der Waals surface area contributed by atoms with E-state index in [-0.39, 0.29) is 12.3 Å². The van der Waals surface area contributed by atoms with Crippen LogP contribution in [0.15, 0.2) is 21.5 Å². The number of rotatable bonds is 7. The third kappa shape index (κ3) is 4.74. The van der Waals surface area contributed by atoms with Gasteiger partial charge < -0.3 is 14.6 Å². The van der Waals surface area contributed by atoms with E-state index >= 15 is 0 Å². The first-order chi connectivity index (χ1) is 11.9. The molecule has 1 heterocycles. The van der Waals surface area contributed by atoms with Crippen molar-refractivity contribution in [2.75, 3.05) is 20.8 Å². The lowest BCUT2D eigenvalue weighted by atomic mass is 10.2. The van der Waals surface area contributed by atoms with Crippen molar-refractivity contribution >= 4 is 62.2 Å². The standard InChI is InChI=1S/C16H16BrNO5S2/c1-22-11-7-9(6-10(17)14(11)23-2)8-12-15(21)18(16(24)25-12)5-3-4-13(19)20/h6-8H,3-5H2,1-2H3,(H,19,20)/b12-8-. The average Bonchev–Trinajstić information content (AvgIpc) is 2.81. The van der Waals surface area contributed by atoms with Gasteiger partial charge in [-0.3, -0.25) is 14.5 Å². The van der Waals surface area contributed by atoms with Crippen molar-refractivity contribution in [3.8, 4) is 11.5 Å². The van der Waals surface area contributed by atoms with Gasteiger partial charge in [-0.05, 0) is 46.1 Å². The van der Waals surface area contributed by atoms with Crippen LogP contribution in [0.25, 0.3) is 6.08 Å².